The zero-order valence-corrected chi connectivity index (χ0v) is 13.1. The molecule has 0 spiro atoms. The van der Waals surface area contributed by atoms with Crippen LogP contribution >= 0.6 is 0 Å². The molecular formula is C12H22O6S2. The Bertz CT molecular complexity index is 432. The van der Waals surface area contributed by atoms with Crippen LogP contribution in [0.5, 0.6) is 0 Å². The molecule has 0 amide bonds. The molecular weight excluding hydrogens is 304 g/mol. The van der Waals surface area contributed by atoms with E-state index in [-0.39, 0.29) is 24.7 Å². The van der Waals surface area contributed by atoms with E-state index in [1.165, 1.54) is 12.2 Å². The van der Waals surface area contributed by atoms with Gasteiger partial charge in [-0.3, -0.25) is 8.37 Å². The minimum absolute atomic E-state index is 0.131. The molecule has 0 aromatic rings. The fourth-order valence-electron chi connectivity index (χ4n) is 1.31. The smallest absolute Gasteiger partial charge is 0.270 e. The third-order valence-corrected chi connectivity index (χ3v) is 4.55. The molecule has 0 aliphatic heterocycles. The number of hydrogen-bond donors (Lipinski definition) is 0. The summed E-state index contributed by atoms with van der Waals surface area (Å²) in [6.45, 7) is 6.92. The van der Waals surface area contributed by atoms with Gasteiger partial charge < -0.3 is 0 Å². The molecule has 6 nitrogen and oxygen atoms in total. The number of rotatable bonds is 13. The SMILES string of the molecule is C=CCS(=O)(=O)OCCCCCCOS(=O)(=O)CC=C. The van der Waals surface area contributed by atoms with Crippen molar-refractivity contribution in [3.05, 3.63) is 25.3 Å². The summed E-state index contributed by atoms with van der Waals surface area (Å²) in [7, 11) is -6.97. The van der Waals surface area contributed by atoms with E-state index < -0.39 is 20.2 Å². The first-order valence-electron chi connectivity index (χ1n) is 6.29. The average molecular weight is 326 g/mol. The minimum Gasteiger partial charge on any atom is -0.270 e. The highest BCUT2D eigenvalue weighted by atomic mass is 32.2. The maximum Gasteiger partial charge on any atom is 0.270 e. The Morgan fingerprint density at radius 2 is 1.05 bits per heavy atom. The van der Waals surface area contributed by atoms with Crippen LogP contribution in [0.1, 0.15) is 25.7 Å². The fourth-order valence-corrected chi connectivity index (χ4v) is 2.83. The summed E-state index contributed by atoms with van der Waals surface area (Å²) >= 11 is 0. The van der Waals surface area contributed by atoms with E-state index in [1.54, 1.807) is 0 Å². The molecule has 0 aliphatic carbocycles. The Hall–Kier alpha value is -0.700. The molecule has 0 heterocycles. The average Bonchev–Trinajstić information content (AvgIpc) is 2.32. The van der Waals surface area contributed by atoms with Gasteiger partial charge in [0.05, 0.1) is 24.7 Å². The van der Waals surface area contributed by atoms with Crippen molar-refractivity contribution in [3.63, 3.8) is 0 Å². The van der Waals surface area contributed by atoms with Gasteiger partial charge in [0.1, 0.15) is 0 Å². The Morgan fingerprint density at radius 1 is 0.700 bits per heavy atom. The van der Waals surface area contributed by atoms with Gasteiger partial charge in [0, 0.05) is 0 Å². The monoisotopic (exact) mass is 326 g/mol. The molecule has 0 radical (unpaired) electrons. The van der Waals surface area contributed by atoms with Crippen LogP contribution in [0.2, 0.25) is 0 Å². The molecule has 0 saturated heterocycles. The summed E-state index contributed by atoms with van der Waals surface area (Å²) in [6.07, 6.45) is 5.22. The topological polar surface area (TPSA) is 86.7 Å². The minimum atomic E-state index is -3.49. The highest BCUT2D eigenvalue weighted by molar-refractivity contribution is 7.87. The second-order valence-corrected chi connectivity index (χ2v) is 7.45. The van der Waals surface area contributed by atoms with Crippen LogP contribution in [0.4, 0.5) is 0 Å². The molecule has 0 aromatic carbocycles. The summed E-state index contributed by atoms with van der Waals surface area (Å²) in [5, 5.41) is 0. The number of hydrogen-bond acceptors (Lipinski definition) is 6. The van der Waals surface area contributed by atoms with Gasteiger partial charge in [0.15, 0.2) is 0 Å². The predicted octanol–water partition coefficient (Wildman–Crippen LogP) is 1.61. The molecule has 0 aromatic heterocycles. The lowest BCUT2D eigenvalue weighted by molar-refractivity contribution is 0.291. The zero-order chi connectivity index (χ0) is 15.5. The molecule has 0 unspecified atom stereocenters. The fraction of sp³-hybridized carbons (Fsp3) is 0.667. The van der Waals surface area contributed by atoms with E-state index in [2.05, 4.69) is 13.2 Å². The highest BCUT2D eigenvalue weighted by Crippen LogP contribution is 2.04. The van der Waals surface area contributed by atoms with Crippen molar-refractivity contribution < 1.29 is 25.2 Å². The molecule has 0 bridgehead atoms. The maximum absolute atomic E-state index is 11.1. The van der Waals surface area contributed by atoms with E-state index in [9.17, 15) is 16.8 Å². The maximum atomic E-state index is 11.1. The third kappa shape index (κ3) is 11.2. The predicted molar refractivity (Wildman–Crippen MR) is 78.3 cm³/mol. The molecule has 118 valence electrons. The molecule has 20 heavy (non-hydrogen) atoms. The molecule has 0 atom stereocenters. The standard InChI is InChI=1S/C12H22O6S2/c1-3-11-19(13,14)17-9-7-5-6-8-10-18-20(15,16)12-4-2/h3-4H,1-2,5-12H2. The Kier molecular flexibility index (Phi) is 9.74. The first kappa shape index (κ1) is 19.3. The molecule has 0 fully saturated rings. The van der Waals surface area contributed by atoms with E-state index in [0.29, 0.717) is 12.8 Å². The van der Waals surface area contributed by atoms with Crippen LogP contribution in [0.15, 0.2) is 25.3 Å². The van der Waals surface area contributed by atoms with Gasteiger partial charge in [0.2, 0.25) is 0 Å². The van der Waals surface area contributed by atoms with Gasteiger partial charge in [-0.25, -0.2) is 0 Å². The second-order valence-electron chi connectivity index (χ2n) is 4.08. The van der Waals surface area contributed by atoms with Crippen molar-refractivity contribution in [2.45, 2.75) is 25.7 Å². The van der Waals surface area contributed by atoms with Gasteiger partial charge in [-0.15, -0.1) is 13.2 Å². The lowest BCUT2D eigenvalue weighted by Gasteiger charge is -2.04. The summed E-state index contributed by atoms with van der Waals surface area (Å²) in [5.74, 6) is -0.385. The summed E-state index contributed by atoms with van der Waals surface area (Å²) in [5.41, 5.74) is 0. The number of unbranched alkanes of at least 4 members (excludes halogenated alkanes) is 3. The van der Waals surface area contributed by atoms with Crippen molar-refractivity contribution in [1.29, 1.82) is 0 Å². The lowest BCUT2D eigenvalue weighted by Crippen LogP contribution is -2.10. The highest BCUT2D eigenvalue weighted by Gasteiger charge is 2.08. The van der Waals surface area contributed by atoms with Gasteiger partial charge in [-0.05, 0) is 12.8 Å². The zero-order valence-electron chi connectivity index (χ0n) is 11.5. The third-order valence-electron chi connectivity index (χ3n) is 2.21. The summed E-state index contributed by atoms with van der Waals surface area (Å²) in [4.78, 5) is 0. The lowest BCUT2D eigenvalue weighted by atomic mass is 10.2. The van der Waals surface area contributed by atoms with Crippen LogP contribution in [0.25, 0.3) is 0 Å². The van der Waals surface area contributed by atoms with E-state index in [0.717, 1.165) is 12.8 Å². The van der Waals surface area contributed by atoms with E-state index >= 15 is 0 Å². The van der Waals surface area contributed by atoms with Gasteiger partial charge in [-0.1, -0.05) is 25.0 Å². The normalized spacial score (nSPS) is 12.2. The first-order valence-corrected chi connectivity index (χ1v) is 9.44. The molecule has 0 saturated carbocycles. The second kappa shape index (κ2) is 10.1. The quantitative estimate of drug-likeness (QED) is 0.290. The Morgan fingerprint density at radius 3 is 1.35 bits per heavy atom. The van der Waals surface area contributed by atoms with Crippen molar-refractivity contribution in [3.8, 4) is 0 Å². The summed E-state index contributed by atoms with van der Waals surface area (Å²) in [6, 6.07) is 0. The van der Waals surface area contributed by atoms with E-state index in [4.69, 9.17) is 8.37 Å². The van der Waals surface area contributed by atoms with Crippen LogP contribution in [-0.4, -0.2) is 41.6 Å². The van der Waals surface area contributed by atoms with Crippen molar-refractivity contribution in [1.82, 2.24) is 0 Å². The first-order chi connectivity index (χ1) is 9.33. The van der Waals surface area contributed by atoms with Crippen molar-refractivity contribution in [2.24, 2.45) is 0 Å². The van der Waals surface area contributed by atoms with Crippen LogP contribution in [-0.2, 0) is 28.6 Å². The summed E-state index contributed by atoms with van der Waals surface area (Å²) < 4.78 is 54.0. The molecule has 8 heteroatoms. The Balaban J connectivity index is 3.55. The molecule has 0 N–H and O–H groups in total. The van der Waals surface area contributed by atoms with Crippen molar-refractivity contribution in [2.75, 3.05) is 24.7 Å². The largest absolute Gasteiger partial charge is 0.270 e. The van der Waals surface area contributed by atoms with Crippen molar-refractivity contribution >= 4 is 20.2 Å². The van der Waals surface area contributed by atoms with E-state index in [1.807, 2.05) is 0 Å². The van der Waals surface area contributed by atoms with Crippen LogP contribution < -0.4 is 0 Å². The van der Waals surface area contributed by atoms with Gasteiger partial charge in [-0.2, -0.15) is 16.8 Å². The van der Waals surface area contributed by atoms with Crippen LogP contribution in [0, 0.1) is 0 Å². The molecule has 0 rings (SSSR count). The van der Waals surface area contributed by atoms with Crippen LogP contribution in [0.3, 0.4) is 0 Å². The molecule has 0 aliphatic rings. The Labute approximate surface area is 121 Å². The van der Waals surface area contributed by atoms with Gasteiger partial charge >= 0.3 is 0 Å². The van der Waals surface area contributed by atoms with Gasteiger partial charge in [0.25, 0.3) is 20.2 Å².